The summed E-state index contributed by atoms with van der Waals surface area (Å²) in [6.45, 7) is 7.61. The molecule has 1 aliphatic heterocycles. The van der Waals surface area contributed by atoms with Crippen LogP contribution in [-0.2, 0) is 0 Å². The van der Waals surface area contributed by atoms with Crippen LogP contribution in [0, 0.1) is 12.8 Å². The van der Waals surface area contributed by atoms with Crippen molar-refractivity contribution < 1.29 is 4.79 Å². The maximum atomic E-state index is 12.1. The Morgan fingerprint density at radius 1 is 1.21 bits per heavy atom. The molecule has 2 heteroatoms. The number of hydrogen-bond donors (Lipinski definition) is 0. The normalized spacial score (nSPS) is 21.1. The van der Waals surface area contributed by atoms with Crippen molar-refractivity contribution in [3.63, 3.8) is 0 Å². The number of ketones is 1. The molecule has 0 aliphatic carbocycles. The summed E-state index contributed by atoms with van der Waals surface area (Å²) >= 11 is 0. The van der Waals surface area contributed by atoms with Crippen molar-refractivity contribution in [1.82, 2.24) is 4.90 Å². The molecular formula is C17H25NO. The molecule has 0 saturated carbocycles. The minimum absolute atomic E-state index is 0.275. The fraction of sp³-hybridized carbons (Fsp3) is 0.588. The summed E-state index contributed by atoms with van der Waals surface area (Å²) in [7, 11) is 0. The maximum absolute atomic E-state index is 12.1. The Hall–Kier alpha value is -1.15. The van der Waals surface area contributed by atoms with E-state index < -0.39 is 0 Å². The van der Waals surface area contributed by atoms with E-state index in [-0.39, 0.29) is 5.78 Å². The third-order valence-electron chi connectivity index (χ3n) is 4.14. The number of Topliss-reactive ketones (excluding diaryl/α,β-unsaturated/α-hetero) is 1. The predicted octanol–water partition coefficient (Wildman–Crippen LogP) is 3.69. The van der Waals surface area contributed by atoms with Crippen LogP contribution in [0.25, 0.3) is 0 Å². The zero-order valence-corrected chi connectivity index (χ0v) is 12.2. The number of nitrogens with zero attached hydrogens (tertiary/aromatic N) is 1. The molecule has 104 valence electrons. The van der Waals surface area contributed by atoms with Crippen LogP contribution < -0.4 is 0 Å². The highest BCUT2D eigenvalue weighted by molar-refractivity contribution is 5.96. The lowest BCUT2D eigenvalue weighted by atomic mass is 10.0. The zero-order valence-electron chi connectivity index (χ0n) is 12.2. The SMILES string of the molecule is Cc1ccc(C(=O)CCN2CCCC(C)CC2)cc1. The van der Waals surface area contributed by atoms with Gasteiger partial charge >= 0.3 is 0 Å². The molecule has 2 nitrogen and oxygen atoms in total. The molecule has 0 aromatic heterocycles. The number of likely N-dealkylation sites (tertiary alicyclic amines) is 1. The van der Waals surface area contributed by atoms with Crippen LogP contribution in [-0.4, -0.2) is 30.3 Å². The first kappa shape index (κ1) is 14.3. The topological polar surface area (TPSA) is 20.3 Å². The van der Waals surface area contributed by atoms with Gasteiger partial charge in [-0.05, 0) is 45.2 Å². The highest BCUT2D eigenvalue weighted by Gasteiger charge is 2.15. The second-order valence-electron chi connectivity index (χ2n) is 5.92. The standard InChI is InChI=1S/C17H25NO/c1-14-4-3-11-18(12-9-14)13-10-17(19)16-7-5-15(2)6-8-16/h5-8,14H,3-4,9-13H2,1-2H3. The monoisotopic (exact) mass is 259 g/mol. The molecule has 0 bridgehead atoms. The van der Waals surface area contributed by atoms with Crippen molar-refractivity contribution in [3.05, 3.63) is 35.4 Å². The van der Waals surface area contributed by atoms with E-state index in [9.17, 15) is 4.79 Å². The van der Waals surface area contributed by atoms with Crippen molar-refractivity contribution in [2.75, 3.05) is 19.6 Å². The van der Waals surface area contributed by atoms with Crippen LogP contribution in [0.1, 0.15) is 48.5 Å². The lowest BCUT2D eigenvalue weighted by Crippen LogP contribution is -2.27. The smallest absolute Gasteiger partial charge is 0.164 e. The van der Waals surface area contributed by atoms with Gasteiger partial charge in [-0.2, -0.15) is 0 Å². The molecule has 1 aromatic rings. The average molecular weight is 259 g/mol. The zero-order chi connectivity index (χ0) is 13.7. The summed E-state index contributed by atoms with van der Waals surface area (Å²) in [6.07, 6.45) is 4.54. The molecule has 1 heterocycles. The Bertz CT molecular complexity index is 410. The summed E-state index contributed by atoms with van der Waals surface area (Å²) in [5, 5.41) is 0. The molecule has 0 amide bonds. The molecule has 1 unspecified atom stereocenters. The van der Waals surface area contributed by atoms with Gasteiger partial charge in [-0.15, -0.1) is 0 Å². The third-order valence-corrected chi connectivity index (χ3v) is 4.14. The molecular weight excluding hydrogens is 234 g/mol. The van der Waals surface area contributed by atoms with Gasteiger partial charge in [0.1, 0.15) is 0 Å². The predicted molar refractivity (Wildman–Crippen MR) is 79.6 cm³/mol. The van der Waals surface area contributed by atoms with Crippen LogP contribution in [0.4, 0.5) is 0 Å². The van der Waals surface area contributed by atoms with Gasteiger partial charge in [0.15, 0.2) is 5.78 Å². The van der Waals surface area contributed by atoms with Gasteiger partial charge in [0.25, 0.3) is 0 Å². The maximum Gasteiger partial charge on any atom is 0.164 e. The Kier molecular flexibility index (Phi) is 5.15. The molecule has 0 spiro atoms. The summed E-state index contributed by atoms with van der Waals surface area (Å²) in [5.74, 6) is 1.12. The quantitative estimate of drug-likeness (QED) is 0.769. The van der Waals surface area contributed by atoms with Gasteiger partial charge in [0.2, 0.25) is 0 Å². The molecule has 1 aromatic carbocycles. The number of hydrogen-bond acceptors (Lipinski definition) is 2. The van der Waals surface area contributed by atoms with Gasteiger partial charge in [-0.25, -0.2) is 0 Å². The van der Waals surface area contributed by atoms with E-state index in [1.54, 1.807) is 0 Å². The molecule has 1 saturated heterocycles. The molecule has 19 heavy (non-hydrogen) atoms. The first-order chi connectivity index (χ1) is 9.15. The van der Waals surface area contributed by atoms with E-state index in [4.69, 9.17) is 0 Å². The summed E-state index contributed by atoms with van der Waals surface area (Å²) < 4.78 is 0. The molecule has 1 atom stereocenters. The number of carbonyl (C=O) groups is 1. The van der Waals surface area contributed by atoms with Crippen molar-refractivity contribution >= 4 is 5.78 Å². The largest absolute Gasteiger partial charge is 0.303 e. The fourth-order valence-electron chi connectivity index (χ4n) is 2.69. The molecule has 1 fully saturated rings. The van der Waals surface area contributed by atoms with Crippen molar-refractivity contribution in [3.8, 4) is 0 Å². The van der Waals surface area contributed by atoms with Crippen LogP contribution >= 0.6 is 0 Å². The van der Waals surface area contributed by atoms with Crippen LogP contribution in [0.2, 0.25) is 0 Å². The number of rotatable bonds is 4. The highest BCUT2D eigenvalue weighted by atomic mass is 16.1. The summed E-state index contributed by atoms with van der Waals surface area (Å²) in [5.41, 5.74) is 2.06. The number of carbonyl (C=O) groups excluding carboxylic acids is 1. The molecule has 1 aliphatic rings. The average Bonchev–Trinajstić information content (AvgIpc) is 2.61. The van der Waals surface area contributed by atoms with E-state index in [1.807, 2.05) is 31.2 Å². The Morgan fingerprint density at radius 3 is 2.68 bits per heavy atom. The van der Waals surface area contributed by atoms with Gasteiger partial charge in [0.05, 0.1) is 0 Å². The lowest BCUT2D eigenvalue weighted by Gasteiger charge is -2.19. The van der Waals surface area contributed by atoms with E-state index in [1.165, 1.54) is 24.8 Å². The van der Waals surface area contributed by atoms with Gasteiger partial charge in [-0.3, -0.25) is 4.79 Å². The lowest BCUT2D eigenvalue weighted by molar-refractivity contribution is 0.0964. The van der Waals surface area contributed by atoms with Crippen molar-refractivity contribution in [2.45, 2.75) is 39.5 Å². The van der Waals surface area contributed by atoms with Crippen LogP contribution in [0.15, 0.2) is 24.3 Å². The van der Waals surface area contributed by atoms with Crippen LogP contribution in [0.3, 0.4) is 0 Å². The van der Waals surface area contributed by atoms with E-state index in [0.717, 1.165) is 31.1 Å². The highest BCUT2D eigenvalue weighted by Crippen LogP contribution is 2.17. The summed E-state index contributed by atoms with van der Waals surface area (Å²) in [4.78, 5) is 14.6. The van der Waals surface area contributed by atoms with E-state index in [0.29, 0.717) is 6.42 Å². The third kappa shape index (κ3) is 4.46. The fourth-order valence-corrected chi connectivity index (χ4v) is 2.69. The first-order valence-corrected chi connectivity index (χ1v) is 7.47. The first-order valence-electron chi connectivity index (χ1n) is 7.47. The van der Waals surface area contributed by atoms with Gasteiger partial charge < -0.3 is 4.90 Å². The molecule has 0 radical (unpaired) electrons. The number of benzene rings is 1. The van der Waals surface area contributed by atoms with Gasteiger partial charge in [-0.1, -0.05) is 36.8 Å². The van der Waals surface area contributed by atoms with E-state index in [2.05, 4.69) is 11.8 Å². The Balaban J connectivity index is 1.81. The Labute approximate surface area is 116 Å². The van der Waals surface area contributed by atoms with Crippen molar-refractivity contribution in [1.29, 1.82) is 0 Å². The van der Waals surface area contributed by atoms with Crippen LogP contribution in [0.5, 0.6) is 0 Å². The second-order valence-corrected chi connectivity index (χ2v) is 5.92. The second kappa shape index (κ2) is 6.85. The summed E-state index contributed by atoms with van der Waals surface area (Å²) in [6, 6.07) is 7.92. The minimum atomic E-state index is 0.275. The number of aryl methyl sites for hydroxylation is 1. The van der Waals surface area contributed by atoms with E-state index >= 15 is 0 Å². The molecule has 0 N–H and O–H groups in total. The molecule has 2 rings (SSSR count). The van der Waals surface area contributed by atoms with Crippen molar-refractivity contribution in [2.24, 2.45) is 5.92 Å². The Morgan fingerprint density at radius 2 is 1.95 bits per heavy atom. The minimum Gasteiger partial charge on any atom is -0.303 e. The van der Waals surface area contributed by atoms with Gasteiger partial charge in [0, 0.05) is 18.5 Å².